The van der Waals surface area contributed by atoms with Crippen LogP contribution in [0.25, 0.3) is 10.8 Å². The number of carbonyl (C=O) groups is 1. The molecule has 3 heterocycles. The highest BCUT2D eigenvalue weighted by molar-refractivity contribution is 7.15. The van der Waals surface area contributed by atoms with E-state index in [1.807, 2.05) is 37.6 Å². The summed E-state index contributed by atoms with van der Waals surface area (Å²) in [6.07, 6.45) is 0.829. The van der Waals surface area contributed by atoms with E-state index < -0.39 is 0 Å². The van der Waals surface area contributed by atoms with E-state index in [2.05, 4.69) is 15.6 Å². The van der Waals surface area contributed by atoms with Crippen LogP contribution in [-0.2, 0) is 17.8 Å². The molecule has 0 bridgehead atoms. The molecule has 3 aromatic heterocycles. The molecule has 0 aromatic carbocycles. The molecule has 0 radical (unpaired) electrons. The largest absolute Gasteiger partial charge is 0.420 e. The smallest absolute Gasteiger partial charge is 0.257 e. The molecule has 0 saturated carbocycles. The molecule has 5 nitrogen and oxygen atoms in total. The summed E-state index contributed by atoms with van der Waals surface area (Å²) in [5.74, 6) is 1.10. The van der Waals surface area contributed by atoms with Gasteiger partial charge in [0.15, 0.2) is 0 Å². The minimum atomic E-state index is 0.0721. The summed E-state index contributed by atoms with van der Waals surface area (Å²) in [5, 5.41) is 12.1. The quantitative estimate of drug-likeness (QED) is 0.681. The topological polar surface area (TPSA) is 59.2 Å². The zero-order chi connectivity index (χ0) is 16.2. The van der Waals surface area contributed by atoms with Gasteiger partial charge in [-0.05, 0) is 41.4 Å². The van der Waals surface area contributed by atoms with E-state index >= 15 is 0 Å². The molecular weight excluding hydrogens is 330 g/mol. The lowest BCUT2D eigenvalue weighted by atomic mass is 10.2. The van der Waals surface area contributed by atoms with Gasteiger partial charge in [-0.3, -0.25) is 4.79 Å². The van der Waals surface area contributed by atoms with Crippen LogP contribution < -0.4 is 0 Å². The summed E-state index contributed by atoms with van der Waals surface area (Å²) in [6.45, 7) is 2.67. The van der Waals surface area contributed by atoms with Crippen molar-refractivity contribution in [2.24, 2.45) is 0 Å². The van der Waals surface area contributed by atoms with E-state index in [0.29, 0.717) is 31.2 Å². The number of amides is 1. The van der Waals surface area contributed by atoms with Gasteiger partial charge in [0.05, 0.1) is 4.88 Å². The van der Waals surface area contributed by atoms with Gasteiger partial charge in [0, 0.05) is 31.3 Å². The molecule has 0 saturated heterocycles. The van der Waals surface area contributed by atoms with Gasteiger partial charge >= 0.3 is 0 Å². The lowest BCUT2D eigenvalue weighted by Crippen LogP contribution is -2.26. The second-order valence-electron chi connectivity index (χ2n) is 5.29. The number of aryl methyl sites for hydroxylation is 2. The van der Waals surface area contributed by atoms with Crippen LogP contribution in [0.2, 0.25) is 0 Å². The van der Waals surface area contributed by atoms with E-state index in [1.165, 1.54) is 4.88 Å². The summed E-state index contributed by atoms with van der Waals surface area (Å²) in [6, 6.07) is 6.02. The highest BCUT2D eigenvalue weighted by Gasteiger charge is 2.14. The second-order valence-corrected chi connectivity index (χ2v) is 7.36. The van der Waals surface area contributed by atoms with Crippen LogP contribution >= 0.6 is 22.7 Å². The fourth-order valence-corrected chi connectivity index (χ4v) is 3.60. The molecule has 0 N–H and O–H groups in total. The van der Waals surface area contributed by atoms with Crippen LogP contribution in [0.5, 0.6) is 0 Å². The molecule has 23 heavy (non-hydrogen) atoms. The lowest BCUT2D eigenvalue weighted by Gasteiger charge is -2.15. The SMILES string of the molecule is Cc1ccc(-c2nnc(CCC(=O)N(C)Cc3ccsc3)o2)s1. The Hall–Kier alpha value is -1.99. The molecule has 0 spiro atoms. The summed E-state index contributed by atoms with van der Waals surface area (Å²) in [4.78, 5) is 16.0. The number of nitrogens with zero attached hydrogens (tertiary/aromatic N) is 3. The van der Waals surface area contributed by atoms with E-state index in [9.17, 15) is 4.79 Å². The molecule has 0 aliphatic carbocycles. The van der Waals surface area contributed by atoms with Crippen LogP contribution in [0.15, 0.2) is 33.4 Å². The number of hydrogen-bond donors (Lipinski definition) is 0. The van der Waals surface area contributed by atoms with Gasteiger partial charge in [0.25, 0.3) is 5.89 Å². The summed E-state index contributed by atoms with van der Waals surface area (Å²) in [7, 11) is 1.81. The molecule has 3 rings (SSSR count). The zero-order valence-corrected chi connectivity index (χ0v) is 14.6. The van der Waals surface area contributed by atoms with Crippen molar-refractivity contribution < 1.29 is 9.21 Å². The Morgan fingerprint density at radius 3 is 2.87 bits per heavy atom. The van der Waals surface area contributed by atoms with E-state index in [-0.39, 0.29) is 5.91 Å². The third-order valence-electron chi connectivity index (χ3n) is 3.40. The third-order valence-corrected chi connectivity index (χ3v) is 5.12. The Morgan fingerprint density at radius 1 is 1.30 bits per heavy atom. The number of rotatable bonds is 6. The number of carbonyl (C=O) groups excluding carboxylic acids is 1. The predicted octanol–water partition coefficient (Wildman–Crippen LogP) is 3.76. The van der Waals surface area contributed by atoms with Crippen molar-refractivity contribution in [2.75, 3.05) is 7.05 Å². The molecule has 0 aliphatic heterocycles. The fraction of sp³-hybridized carbons (Fsp3) is 0.312. The molecule has 3 aromatic rings. The van der Waals surface area contributed by atoms with Crippen molar-refractivity contribution in [2.45, 2.75) is 26.3 Å². The molecule has 0 fully saturated rings. The van der Waals surface area contributed by atoms with Crippen molar-refractivity contribution >= 4 is 28.6 Å². The van der Waals surface area contributed by atoms with Crippen LogP contribution in [0, 0.1) is 6.92 Å². The maximum atomic E-state index is 12.2. The molecular formula is C16H17N3O2S2. The molecule has 120 valence electrons. The lowest BCUT2D eigenvalue weighted by molar-refractivity contribution is -0.130. The van der Waals surface area contributed by atoms with Gasteiger partial charge in [-0.25, -0.2) is 0 Å². The van der Waals surface area contributed by atoms with Gasteiger partial charge < -0.3 is 9.32 Å². The molecule has 0 unspecified atom stereocenters. The summed E-state index contributed by atoms with van der Waals surface area (Å²) >= 11 is 3.25. The molecule has 7 heteroatoms. The first kappa shape index (κ1) is 15.9. The molecule has 1 amide bonds. The second kappa shape index (κ2) is 7.06. The average molecular weight is 347 g/mol. The van der Waals surface area contributed by atoms with Gasteiger partial charge in [0.2, 0.25) is 11.8 Å². The van der Waals surface area contributed by atoms with Crippen LogP contribution in [0.4, 0.5) is 0 Å². The third kappa shape index (κ3) is 4.05. The van der Waals surface area contributed by atoms with Crippen molar-refractivity contribution in [3.63, 3.8) is 0 Å². The van der Waals surface area contributed by atoms with Crippen molar-refractivity contribution in [1.29, 1.82) is 0 Å². The van der Waals surface area contributed by atoms with Crippen molar-refractivity contribution in [3.05, 3.63) is 45.3 Å². The maximum absolute atomic E-state index is 12.2. The van der Waals surface area contributed by atoms with Crippen LogP contribution in [0.1, 0.15) is 22.8 Å². The van der Waals surface area contributed by atoms with Crippen molar-refractivity contribution in [3.8, 4) is 10.8 Å². The van der Waals surface area contributed by atoms with E-state index in [1.54, 1.807) is 27.6 Å². The highest BCUT2D eigenvalue weighted by Crippen LogP contribution is 2.26. The summed E-state index contributed by atoms with van der Waals surface area (Å²) < 4.78 is 5.64. The molecule has 0 atom stereocenters. The van der Waals surface area contributed by atoms with E-state index in [4.69, 9.17) is 4.42 Å². The first-order valence-electron chi connectivity index (χ1n) is 7.26. The number of thiophene rings is 2. The maximum Gasteiger partial charge on any atom is 0.257 e. The van der Waals surface area contributed by atoms with Gasteiger partial charge in [0.1, 0.15) is 0 Å². The first-order valence-corrected chi connectivity index (χ1v) is 9.02. The van der Waals surface area contributed by atoms with Crippen LogP contribution in [-0.4, -0.2) is 28.1 Å². The number of hydrogen-bond acceptors (Lipinski definition) is 6. The minimum absolute atomic E-state index is 0.0721. The van der Waals surface area contributed by atoms with Gasteiger partial charge in [-0.2, -0.15) is 11.3 Å². The number of aromatic nitrogens is 2. The Balaban J connectivity index is 1.54. The average Bonchev–Trinajstić information content (AvgIpc) is 3.25. The zero-order valence-electron chi connectivity index (χ0n) is 13.0. The molecule has 0 aliphatic rings. The Morgan fingerprint density at radius 2 is 2.17 bits per heavy atom. The Labute approximate surface area is 142 Å². The Kier molecular flexibility index (Phi) is 4.88. The van der Waals surface area contributed by atoms with Crippen LogP contribution in [0.3, 0.4) is 0 Å². The standard InChI is InChI=1S/C16H17N3O2S2/c1-11-3-4-13(23-11)16-18-17-14(21-16)5-6-15(20)19(2)9-12-7-8-22-10-12/h3-4,7-8,10H,5-6,9H2,1-2H3. The van der Waals surface area contributed by atoms with Gasteiger partial charge in [-0.15, -0.1) is 21.5 Å². The Bertz CT molecular complexity index is 777. The minimum Gasteiger partial charge on any atom is -0.420 e. The highest BCUT2D eigenvalue weighted by atomic mass is 32.1. The first-order chi connectivity index (χ1) is 11.1. The normalized spacial score (nSPS) is 10.9. The predicted molar refractivity (Wildman–Crippen MR) is 91.5 cm³/mol. The van der Waals surface area contributed by atoms with Gasteiger partial charge in [-0.1, -0.05) is 0 Å². The van der Waals surface area contributed by atoms with E-state index in [0.717, 1.165) is 10.4 Å². The summed E-state index contributed by atoms with van der Waals surface area (Å²) in [5.41, 5.74) is 1.15. The fourth-order valence-electron chi connectivity index (χ4n) is 2.15. The van der Waals surface area contributed by atoms with Crippen molar-refractivity contribution in [1.82, 2.24) is 15.1 Å². The monoisotopic (exact) mass is 347 g/mol.